The minimum Gasteiger partial charge on any atom is -0.442 e. The maximum atomic E-state index is 15.1. The molecule has 1 aromatic carbocycles. The third kappa shape index (κ3) is 6.57. The Morgan fingerprint density at radius 1 is 1.09 bits per heavy atom. The maximum Gasteiger partial charge on any atom is 0.414 e. The van der Waals surface area contributed by atoms with E-state index in [-0.39, 0.29) is 30.4 Å². The summed E-state index contributed by atoms with van der Waals surface area (Å²) in [7, 11) is 2.13. The van der Waals surface area contributed by atoms with Crippen LogP contribution in [0.1, 0.15) is 6.92 Å². The molecule has 3 saturated heterocycles. The third-order valence-electron chi connectivity index (χ3n) is 6.72. The van der Waals surface area contributed by atoms with E-state index < -0.39 is 23.8 Å². The van der Waals surface area contributed by atoms with Crippen molar-refractivity contribution in [3.8, 4) is 0 Å². The van der Waals surface area contributed by atoms with Gasteiger partial charge in [0.15, 0.2) is 11.6 Å². The lowest BCUT2D eigenvalue weighted by Gasteiger charge is -2.33. The summed E-state index contributed by atoms with van der Waals surface area (Å²) in [5, 5.41) is 4.70. The quantitative estimate of drug-likeness (QED) is 0.559. The molecule has 2 amide bonds. The number of hydrazine groups is 1. The lowest BCUT2D eigenvalue weighted by Crippen LogP contribution is -2.49. The Balaban J connectivity index is 1.34. The molecule has 0 aliphatic carbocycles. The van der Waals surface area contributed by atoms with Crippen LogP contribution in [-0.4, -0.2) is 118 Å². The average molecular weight is 496 g/mol. The Bertz CT molecular complexity index is 890. The van der Waals surface area contributed by atoms with E-state index in [1.54, 1.807) is 4.90 Å². The number of ether oxygens (including phenoxy) is 1. The Kier molecular flexibility index (Phi) is 8.37. The number of rotatable bonds is 7. The van der Waals surface area contributed by atoms with Crippen molar-refractivity contribution >= 4 is 23.4 Å². The van der Waals surface area contributed by atoms with Crippen molar-refractivity contribution < 1.29 is 23.1 Å². The highest BCUT2D eigenvalue weighted by molar-refractivity contribution is 5.90. The van der Waals surface area contributed by atoms with Crippen LogP contribution in [0, 0.1) is 11.6 Å². The molecule has 35 heavy (non-hydrogen) atoms. The van der Waals surface area contributed by atoms with Crippen molar-refractivity contribution in [2.75, 3.05) is 95.4 Å². The molecule has 0 aromatic heterocycles. The van der Waals surface area contributed by atoms with E-state index in [0.29, 0.717) is 26.2 Å². The van der Waals surface area contributed by atoms with Crippen LogP contribution in [0.5, 0.6) is 0 Å². The lowest BCUT2D eigenvalue weighted by molar-refractivity contribution is -0.119. The Morgan fingerprint density at radius 3 is 2.49 bits per heavy atom. The van der Waals surface area contributed by atoms with Crippen LogP contribution in [0.2, 0.25) is 0 Å². The van der Waals surface area contributed by atoms with Gasteiger partial charge >= 0.3 is 6.09 Å². The third-order valence-corrected chi connectivity index (χ3v) is 6.72. The summed E-state index contributed by atoms with van der Waals surface area (Å²) in [6, 6.07) is 2.34. The largest absolute Gasteiger partial charge is 0.442 e. The van der Waals surface area contributed by atoms with Gasteiger partial charge in [-0.15, -0.1) is 0 Å². The van der Waals surface area contributed by atoms with Crippen LogP contribution in [0.3, 0.4) is 0 Å². The van der Waals surface area contributed by atoms with Crippen molar-refractivity contribution in [1.29, 1.82) is 0 Å². The first-order valence-electron chi connectivity index (χ1n) is 12.2. The number of carbonyl (C=O) groups excluding carboxylic acids is 2. The smallest absolute Gasteiger partial charge is 0.414 e. The molecule has 3 heterocycles. The standard InChI is InChI=1S/C23H35F2N7O3/c1-17(33)26-15-19-16-32(23(34)35-19)18-13-20(24)22(21(25)14-18)30-4-3-27-31(12-10-30)11-9-29-7-5-28(2)6-8-29/h13-14,19,27H,3-12,15-16H2,1-2H3,(H,26,33)/t19-/m0/s1. The van der Waals surface area contributed by atoms with Crippen LogP contribution in [0.25, 0.3) is 0 Å². The molecule has 12 heteroatoms. The van der Waals surface area contributed by atoms with Crippen molar-refractivity contribution in [3.05, 3.63) is 23.8 Å². The minimum atomic E-state index is -0.719. The number of nitrogens with zero attached hydrogens (tertiary/aromatic N) is 5. The number of hydrogen-bond donors (Lipinski definition) is 2. The number of hydrogen-bond acceptors (Lipinski definition) is 8. The summed E-state index contributed by atoms with van der Waals surface area (Å²) in [6.45, 7) is 9.81. The second-order valence-corrected chi connectivity index (χ2v) is 9.34. The predicted octanol–water partition coefficient (Wildman–Crippen LogP) is 0.300. The number of amides is 2. The van der Waals surface area contributed by atoms with Crippen LogP contribution in [0.15, 0.2) is 12.1 Å². The molecule has 3 aliphatic heterocycles. The summed E-state index contributed by atoms with van der Waals surface area (Å²) in [6.07, 6.45) is -1.27. The average Bonchev–Trinajstić information content (AvgIpc) is 3.03. The molecule has 3 fully saturated rings. The number of piperazine rings is 1. The molecule has 0 bridgehead atoms. The second kappa shape index (κ2) is 11.5. The summed E-state index contributed by atoms with van der Waals surface area (Å²) in [5.41, 5.74) is 3.38. The van der Waals surface area contributed by atoms with Crippen molar-refractivity contribution in [1.82, 2.24) is 25.6 Å². The fraction of sp³-hybridized carbons (Fsp3) is 0.652. The molecule has 1 atom stereocenters. The van der Waals surface area contributed by atoms with Crippen LogP contribution >= 0.6 is 0 Å². The highest BCUT2D eigenvalue weighted by Gasteiger charge is 2.34. The first-order valence-corrected chi connectivity index (χ1v) is 12.2. The van der Waals surface area contributed by atoms with Crippen LogP contribution in [-0.2, 0) is 9.53 Å². The Morgan fingerprint density at radius 2 is 1.80 bits per heavy atom. The zero-order valence-electron chi connectivity index (χ0n) is 20.4. The molecular weight excluding hydrogens is 460 g/mol. The van der Waals surface area contributed by atoms with Gasteiger partial charge < -0.3 is 19.9 Å². The van der Waals surface area contributed by atoms with Gasteiger partial charge in [0.05, 0.1) is 18.8 Å². The van der Waals surface area contributed by atoms with Gasteiger partial charge in [0.25, 0.3) is 0 Å². The summed E-state index contributed by atoms with van der Waals surface area (Å²) in [5.74, 6) is -1.68. The van der Waals surface area contributed by atoms with Gasteiger partial charge in [-0.25, -0.2) is 18.6 Å². The molecule has 2 N–H and O–H groups in total. The van der Waals surface area contributed by atoms with Gasteiger partial charge in [-0.2, -0.15) is 0 Å². The number of anilines is 2. The highest BCUT2D eigenvalue weighted by atomic mass is 19.1. The monoisotopic (exact) mass is 495 g/mol. The van der Waals surface area contributed by atoms with E-state index in [1.807, 2.05) is 0 Å². The van der Waals surface area contributed by atoms with Gasteiger partial charge in [0, 0.05) is 84.5 Å². The molecule has 4 rings (SSSR count). The van der Waals surface area contributed by atoms with Gasteiger partial charge in [0.1, 0.15) is 11.8 Å². The van der Waals surface area contributed by atoms with Crippen LogP contribution in [0.4, 0.5) is 25.0 Å². The first kappa shape index (κ1) is 25.5. The molecule has 0 spiro atoms. The molecule has 0 radical (unpaired) electrons. The molecule has 3 aliphatic rings. The maximum absolute atomic E-state index is 15.1. The lowest BCUT2D eigenvalue weighted by atomic mass is 10.2. The zero-order chi connectivity index (χ0) is 24.9. The number of benzene rings is 1. The number of halogens is 2. The van der Waals surface area contributed by atoms with Gasteiger partial charge in [0.2, 0.25) is 5.91 Å². The highest BCUT2D eigenvalue weighted by Crippen LogP contribution is 2.31. The zero-order valence-corrected chi connectivity index (χ0v) is 20.4. The molecule has 1 aromatic rings. The number of cyclic esters (lactones) is 1. The number of nitrogens with one attached hydrogen (secondary N) is 2. The van der Waals surface area contributed by atoms with Gasteiger partial charge in [-0.1, -0.05) is 0 Å². The van der Waals surface area contributed by atoms with E-state index in [9.17, 15) is 9.59 Å². The summed E-state index contributed by atoms with van der Waals surface area (Å²) < 4.78 is 35.4. The van der Waals surface area contributed by atoms with E-state index in [0.717, 1.165) is 39.3 Å². The van der Waals surface area contributed by atoms with E-state index in [2.05, 4.69) is 32.6 Å². The SMILES string of the molecule is CC(=O)NC[C@H]1CN(c2cc(F)c(N3CCNN(CCN4CCN(C)CC4)CC3)c(F)c2)C(=O)O1. The first-order chi connectivity index (χ1) is 16.8. The minimum absolute atomic E-state index is 0.0844. The normalized spacial score (nSPS) is 22.9. The second-order valence-electron chi connectivity index (χ2n) is 9.34. The van der Waals surface area contributed by atoms with Gasteiger partial charge in [-0.3, -0.25) is 20.0 Å². The fourth-order valence-corrected chi connectivity index (χ4v) is 4.63. The number of likely N-dealkylation sites (N-methyl/N-ethyl adjacent to an activating group) is 1. The Hall–Kier alpha value is -2.54. The molecule has 0 unspecified atom stereocenters. The molecule has 194 valence electrons. The van der Waals surface area contributed by atoms with Crippen LogP contribution < -0.4 is 20.5 Å². The molecular formula is C23H35F2N7O3. The Labute approximate surface area is 204 Å². The van der Waals surface area contributed by atoms with E-state index in [4.69, 9.17) is 4.74 Å². The van der Waals surface area contributed by atoms with E-state index >= 15 is 8.78 Å². The summed E-state index contributed by atoms with van der Waals surface area (Å²) >= 11 is 0. The van der Waals surface area contributed by atoms with Crippen molar-refractivity contribution in [2.24, 2.45) is 0 Å². The van der Waals surface area contributed by atoms with Crippen molar-refractivity contribution in [2.45, 2.75) is 13.0 Å². The van der Waals surface area contributed by atoms with Crippen molar-refractivity contribution in [3.63, 3.8) is 0 Å². The predicted molar refractivity (Wildman–Crippen MR) is 128 cm³/mol. The van der Waals surface area contributed by atoms with E-state index in [1.165, 1.54) is 24.0 Å². The number of carbonyl (C=O) groups is 2. The molecule has 10 nitrogen and oxygen atoms in total. The molecule has 0 saturated carbocycles. The summed E-state index contributed by atoms with van der Waals surface area (Å²) in [4.78, 5) is 31.0. The van der Waals surface area contributed by atoms with Gasteiger partial charge in [-0.05, 0) is 7.05 Å². The topological polar surface area (TPSA) is 83.6 Å². The fourth-order valence-electron chi connectivity index (χ4n) is 4.63.